The molecular weight excluding hydrogens is 222 g/mol. The number of carboxylic acid groups (broad SMARTS) is 1. The summed E-state index contributed by atoms with van der Waals surface area (Å²) in [6.45, 7) is 3.49. The molecule has 1 N–H and O–H groups in total. The molecule has 0 aliphatic carbocycles. The zero-order valence-corrected chi connectivity index (χ0v) is 9.68. The van der Waals surface area contributed by atoms with Gasteiger partial charge < -0.3 is 19.5 Å². The van der Waals surface area contributed by atoms with Crippen LogP contribution in [-0.4, -0.2) is 31.0 Å². The van der Waals surface area contributed by atoms with E-state index in [9.17, 15) is 4.79 Å². The highest BCUT2D eigenvalue weighted by Gasteiger charge is 2.15. The molecule has 0 radical (unpaired) electrons. The summed E-state index contributed by atoms with van der Waals surface area (Å²) in [6.07, 6.45) is 0.127. The molecule has 0 unspecified atom stereocenters. The van der Waals surface area contributed by atoms with E-state index < -0.39 is 5.97 Å². The molecule has 0 atom stereocenters. The van der Waals surface area contributed by atoms with E-state index in [4.69, 9.17) is 14.6 Å². The third kappa shape index (κ3) is 2.61. The van der Waals surface area contributed by atoms with Crippen LogP contribution in [0.4, 0.5) is 5.69 Å². The summed E-state index contributed by atoms with van der Waals surface area (Å²) in [5.74, 6) is 0.670. The maximum Gasteiger partial charge on any atom is 0.305 e. The van der Waals surface area contributed by atoms with Gasteiger partial charge in [0, 0.05) is 24.8 Å². The zero-order chi connectivity index (χ0) is 12.3. The van der Waals surface area contributed by atoms with E-state index >= 15 is 0 Å². The molecule has 0 amide bonds. The molecular formula is C12H15NO4. The molecule has 17 heavy (non-hydrogen) atoms. The molecule has 1 heterocycles. The number of fused-ring (bicyclic) bond motifs is 1. The van der Waals surface area contributed by atoms with Crippen molar-refractivity contribution in [3.63, 3.8) is 0 Å². The molecule has 0 aromatic heterocycles. The Balaban J connectivity index is 2.11. The Morgan fingerprint density at radius 2 is 2.18 bits per heavy atom. The van der Waals surface area contributed by atoms with Crippen LogP contribution in [0.1, 0.15) is 13.3 Å². The van der Waals surface area contributed by atoms with Crippen LogP contribution in [0.3, 0.4) is 0 Å². The third-order valence-electron chi connectivity index (χ3n) is 2.70. The van der Waals surface area contributed by atoms with Crippen LogP contribution in [0.25, 0.3) is 0 Å². The van der Waals surface area contributed by atoms with Crippen LogP contribution >= 0.6 is 0 Å². The highest BCUT2D eigenvalue weighted by molar-refractivity contribution is 5.68. The standard InChI is InChI=1S/C12H15NO4/c1-2-13(6-5-12(14)15)9-3-4-10-11(7-9)17-8-16-10/h3-4,7H,2,5-6,8H2,1H3,(H,14,15). The first-order valence-electron chi connectivity index (χ1n) is 5.57. The summed E-state index contributed by atoms with van der Waals surface area (Å²) in [4.78, 5) is 12.6. The van der Waals surface area contributed by atoms with Gasteiger partial charge in [-0.3, -0.25) is 4.79 Å². The number of carbonyl (C=O) groups is 1. The zero-order valence-electron chi connectivity index (χ0n) is 9.68. The van der Waals surface area contributed by atoms with Gasteiger partial charge in [-0.1, -0.05) is 0 Å². The fourth-order valence-corrected chi connectivity index (χ4v) is 1.78. The van der Waals surface area contributed by atoms with Gasteiger partial charge in [-0.2, -0.15) is 0 Å². The molecule has 5 heteroatoms. The Bertz CT molecular complexity index is 419. The van der Waals surface area contributed by atoms with Crippen molar-refractivity contribution in [1.29, 1.82) is 0 Å². The monoisotopic (exact) mass is 237 g/mol. The molecule has 0 spiro atoms. The van der Waals surface area contributed by atoms with Gasteiger partial charge in [0.15, 0.2) is 11.5 Å². The van der Waals surface area contributed by atoms with Crippen LogP contribution < -0.4 is 14.4 Å². The van der Waals surface area contributed by atoms with Gasteiger partial charge in [-0.15, -0.1) is 0 Å². The number of carboxylic acids is 1. The second-order valence-corrected chi connectivity index (χ2v) is 3.76. The number of aliphatic carboxylic acids is 1. The molecule has 0 fully saturated rings. The first-order valence-corrected chi connectivity index (χ1v) is 5.57. The van der Waals surface area contributed by atoms with Crippen LogP contribution in [0.15, 0.2) is 18.2 Å². The number of hydrogen-bond acceptors (Lipinski definition) is 4. The van der Waals surface area contributed by atoms with Crippen molar-refractivity contribution in [3.05, 3.63) is 18.2 Å². The average molecular weight is 237 g/mol. The molecule has 5 nitrogen and oxygen atoms in total. The van der Waals surface area contributed by atoms with E-state index in [1.165, 1.54) is 0 Å². The predicted molar refractivity (Wildman–Crippen MR) is 62.7 cm³/mol. The van der Waals surface area contributed by atoms with Crippen molar-refractivity contribution in [2.45, 2.75) is 13.3 Å². The van der Waals surface area contributed by atoms with Crippen molar-refractivity contribution >= 4 is 11.7 Å². The van der Waals surface area contributed by atoms with Gasteiger partial charge in [-0.05, 0) is 19.1 Å². The topological polar surface area (TPSA) is 59.0 Å². The SMILES string of the molecule is CCN(CCC(=O)O)c1ccc2c(c1)OCO2. The van der Waals surface area contributed by atoms with Crippen LogP contribution in [0.2, 0.25) is 0 Å². The quantitative estimate of drug-likeness (QED) is 0.844. The van der Waals surface area contributed by atoms with Crippen molar-refractivity contribution in [2.75, 3.05) is 24.8 Å². The Labute approximate surface area is 99.6 Å². The smallest absolute Gasteiger partial charge is 0.305 e. The average Bonchev–Trinajstić information content (AvgIpc) is 2.76. The van der Waals surface area contributed by atoms with Crippen LogP contribution in [0, 0.1) is 0 Å². The number of benzene rings is 1. The largest absolute Gasteiger partial charge is 0.481 e. The molecule has 1 aliphatic heterocycles. The summed E-state index contributed by atoms with van der Waals surface area (Å²) < 4.78 is 10.5. The van der Waals surface area contributed by atoms with E-state index in [0.717, 1.165) is 23.7 Å². The van der Waals surface area contributed by atoms with Crippen molar-refractivity contribution in [1.82, 2.24) is 0 Å². The summed E-state index contributed by atoms with van der Waals surface area (Å²) >= 11 is 0. The molecule has 0 bridgehead atoms. The number of ether oxygens (including phenoxy) is 2. The Hall–Kier alpha value is -1.91. The van der Waals surface area contributed by atoms with E-state index in [-0.39, 0.29) is 13.2 Å². The molecule has 1 aliphatic rings. The predicted octanol–water partition coefficient (Wildman–Crippen LogP) is 1.72. The van der Waals surface area contributed by atoms with Crippen molar-refractivity contribution < 1.29 is 19.4 Å². The lowest BCUT2D eigenvalue weighted by atomic mass is 10.2. The lowest BCUT2D eigenvalue weighted by Gasteiger charge is -2.22. The number of hydrogen-bond donors (Lipinski definition) is 1. The first kappa shape index (κ1) is 11.6. The maximum absolute atomic E-state index is 10.6. The van der Waals surface area contributed by atoms with Gasteiger partial charge in [0.1, 0.15) is 0 Å². The third-order valence-corrected chi connectivity index (χ3v) is 2.70. The van der Waals surface area contributed by atoms with Crippen LogP contribution in [-0.2, 0) is 4.79 Å². The summed E-state index contributed by atoms with van der Waals surface area (Å²) in [7, 11) is 0. The first-order chi connectivity index (χ1) is 8.20. The second-order valence-electron chi connectivity index (χ2n) is 3.76. The Morgan fingerprint density at radius 3 is 2.88 bits per heavy atom. The van der Waals surface area contributed by atoms with Crippen LogP contribution in [0.5, 0.6) is 11.5 Å². The van der Waals surface area contributed by atoms with Crippen molar-refractivity contribution in [3.8, 4) is 11.5 Å². The number of nitrogens with zero attached hydrogens (tertiary/aromatic N) is 1. The Kier molecular flexibility index (Phi) is 3.37. The Morgan fingerprint density at radius 1 is 1.41 bits per heavy atom. The van der Waals surface area contributed by atoms with Gasteiger partial charge in [-0.25, -0.2) is 0 Å². The highest BCUT2D eigenvalue weighted by atomic mass is 16.7. The lowest BCUT2D eigenvalue weighted by Crippen LogP contribution is -2.25. The molecule has 2 rings (SSSR count). The van der Waals surface area contributed by atoms with E-state index in [0.29, 0.717) is 6.54 Å². The molecule has 0 saturated heterocycles. The van der Waals surface area contributed by atoms with E-state index in [1.807, 2.05) is 30.0 Å². The highest BCUT2D eigenvalue weighted by Crippen LogP contribution is 2.35. The van der Waals surface area contributed by atoms with Crippen molar-refractivity contribution in [2.24, 2.45) is 0 Å². The summed E-state index contributed by atoms with van der Waals surface area (Å²) in [6, 6.07) is 5.65. The minimum atomic E-state index is -0.788. The van der Waals surface area contributed by atoms with Gasteiger partial charge >= 0.3 is 5.97 Å². The molecule has 92 valence electrons. The number of rotatable bonds is 5. The minimum Gasteiger partial charge on any atom is -0.481 e. The van der Waals surface area contributed by atoms with E-state index in [2.05, 4.69) is 0 Å². The molecule has 1 aromatic rings. The minimum absolute atomic E-state index is 0.127. The molecule has 1 aromatic carbocycles. The fraction of sp³-hybridized carbons (Fsp3) is 0.417. The summed E-state index contributed by atoms with van der Waals surface area (Å²) in [5.41, 5.74) is 0.956. The summed E-state index contributed by atoms with van der Waals surface area (Å²) in [5, 5.41) is 8.69. The van der Waals surface area contributed by atoms with Gasteiger partial charge in [0.2, 0.25) is 6.79 Å². The molecule has 0 saturated carbocycles. The normalized spacial score (nSPS) is 12.5. The lowest BCUT2D eigenvalue weighted by molar-refractivity contribution is -0.136. The van der Waals surface area contributed by atoms with Gasteiger partial charge in [0.05, 0.1) is 6.42 Å². The second kappa shape index (κ2) is 4.95. The fourth-order valence-electron chi connectivity index (χ4n) is 1.78. The van der Waals surface area contributed by atoms with E-state index in [1.54, 1.807) is 0 Å². The number of anilines is 1. The van der Waals surface area contributed by atoms with Gasteiger partial charge in [0.25, 0.3) is 0 Å². The maximum atomic E-state index is 10.6.